The Hall–Kier alpha value is -0.0800. The highest BCUT2D eigenvalue weighted by molar-refractivity contribution is 5.13. The summed E-state index contributed by atoms with van der Waals surface area (Å²) in [6.07, 6.45) is 11.6. The Kier molecular flexibility index (Phi) is 3.71. The third-order valence-corrected chi connectivity index (χ3v) is 9.54. The first-order valence-electron chi connectivity index (χ1n) is 10.2. The van der Waals surface area contributed by atoms with Gasteiger partial charge >= 0.3 is 0 Å². The molecule has 0 spiro atoms. The molecule has 0 aromatic heterocycles. The molecule has 8 atom stereocenters. The number of rotatable bonds is 1. The zero-order valence-electron chi connectivity index (χ0n) is 15.4. The van der Waals surface area contributed by atoms with Crippen molar-refractivity contribution in [1.82, 2.24) is 0 Å². The molecule has 132 valence electrons. The van der Waals surface area contributed by atoms with E-state index in [1.54, 1.807) is 0 Å². The minimum atomic E-state index is -0.414. The van der Waals surface area contributed by atoms with E-state index in [1.165, 1.54) is 38.5 Å². The van der Waals surface area contributed by atoms with Crippen molar-refractivity contribution in [1.29, 1.82) is 0 Å². The molecule has 2 nitrogen and oxygen atoms in total. The van der Waals surface area contributed by atoms with E-state index in [0.717, 1.165) is 49.4 Å². The van der Waals surface area contributed by atoms with E-state index in [1.807, 2.05) is 0 Å². The summed E-state index contributed by atoms with van der Waals surface area (Å²) in [4.78, 5) is 0. The van der Waals surface area contributed by atoms with Crippen LogP contribution in [-0.2, 0) is 0 Å². The number of fused-ring (bicyclic) bond motifs is 5. The minimum Gasteiger partial charge on any atom is -0.393 e. The van der Waals surface area contributed by atoms with Gasteiger partial charge in [-0.05, 0) is 98.7 Å². The number of aliphatic hydroxyl groups excluding tert-OH is 1. The van der Waals surface area contributed by atoms with Gasteiger partial charge in [0.15, 0.2) is 0 Å². The maximum absolute atomic E-state index is 11.2. The normalized spacial score (nSPS) is 59.1. The van der Waals surface area contributed by atoms with Crippen LogP contribution in [0, 0.1) is 34.5 Å². The van der Waals surface area contributed by atoms with Gasteiger partial charge in [0, 0.05) is 0 Å². The fraction of sp³-hybridized carbons (Fsp3) is 1.00. The molecule has 0 aromatic rings. The van der Waals surface area contributed by atoms with Crippen LogP contribution in [0.4, 0.5) is 0 Å². The molecule has 0 heterocycles. The van der Waals surface area contributed by atoms with Gasteiger partial charge in [0.1, 0.15) is 0 Å². The van der Waals surface area contributed by atoms with Crippen LogP contribution in [0.25, 0.3) is 0 Å². The summed E-state index contributed by atoms with van der Waals surface area (Å²) < 4.78 is 0. The van der Waals surface area contributed by atoms with E-state index >= 15 is 0 Å². The fourth-order valence-corrected chi connectivity index (χ4v) is 7.93. The number of hydrogen-bond donors (Lipinski definition) is 2. The first-order chi connectivity index (χ1) is 10.8. The van der Waals surface area contributed by atoms with Crippen LogP contribution in [-0.4, -0.2) is 21.9 Å². The van der Waals surface area contributed by atoms with Gasteiger partial charge in [-0.2, -0.15) is 0 Å². The smallest absolute Gasteiger partial charge is 0.0701 e. The molecule has 0 bridgehead atoms. The Balaban J connectivity index is 1.63. The zero-order chi connectivity index (χ0) is 16.5. The second-order valence-electron chi connectivity index (χ2n) is 9.97. The van der Waals surface area contributed by atoms with E-state index < -0.39 is 5.60 Å². The third kappa shape index (κ3) is 2.06. The largest absolute Gasteiger partial charge is 0.393 e. The van der Waals surface area contributed by atoms with Gasteiger partial charge in [-0.3, -0.25) is 0 Å². The van der Waals surface area contributed by atoms with Gasteiger partial charge < -0.3 is 10.2 Å². The fourth-order valence-electron chi connectivity index (χ4n) is 7.93. The van der Waals surface area contributed by atoms with Crippen LogP contribution in [0.5, 0.6) is 0 Å². The third-order valence-electron chi connectivity index (χ3n) is 9.54. The second kappa shape index (κ2) is 5.21. The average Bonchev–Trinajstić information content (AvgIpc) is 2.80. The molecule has 0 radical (unpaired) electrons. The molecule has 4 rings (SSSR count). The lowest BCUT2D eigenvalue weighted by Gasteiger charge is -2.61. The Morgan fingerprint density at radius 1 is 0.913 bits per heavy atom. The summed E-state index contributed by atoms with van der Waals surface area (Å²) in [5.41, 5.74) is 0.194. The summed E-state index contributed by atoms with van der Waals surface area (Å²) in [5, 5.41) is 21.4. The van der Waals surface area contributed by atoms with E-state index in [4.69, 9.17) is 0 Å². The van der Waals surface area contributed by atoms with Crippen LogP contribution in [0.2, 0.25) is 0 Å². The van der Waals surface area contributed by atoms with E-state index in [0.29, 0.717) is 5.41 Å². The van der Waals surface area contributed by atoms with E-state index in [9.17, 15) is 10.2 Å². The van der Waals surface area contributed by atoms with Crippen molar-refractivity contribution in [3.05, 3.63) is 0 Å². The molecule has 4 aliphatic rings. The molecular formula is C21H36O2. The monoisotopic (exact) mass is 320 g/mol. The van der Waals surface area contributed by atoms with Gasteiger partial charge in [-0.25, -0.2) is 0 Å². The number of aliphatic hydroxyl groups is 2. The van der Waals surface area contributed by atoms with E-state index in [-0.39, 0.29) is 11.5 Å². The lowest BCUT2D eigenvalue weighted by Crippen LogP contribution is -2.56. The molecule has 0 amide bonds. The quantitative estimate of drug-likeness (QED) is 0.745. The molecule has 4 aliphatic carbocycles. The molecule has 2 N–H and O–H groups in total. The summed E-state index contributed by atoms with van der Waals surface area (Å²) in [6, 6.07) is 0. The first kappa shape index (κ1) is 16.4. The van der Waals surface area contributed by atoms with E-state index in [2.05, 4.69) is 20.8 Å². The summed E-state index contributed by atoms with van der Waals surface area (Å²) in [6.45, 7) is 7.13. The Morgan fingerprint density at radius 3 is 2.39 bits per heavy atom. The highest BCUT2D eigenvalue weighted by Crippen LogP contribution is 2.68. The SMILES string of the molecule is CC[C@@]1(O)CC[C@H]2[C@@H]3CCC4CC(O)CC[C@]4(C)[C@H]3CC[C@@]21C. The zero-order valence-corrected chi connectivity index (χ0v) is 15.4. The lowest BCUT2D eigenvalue weighted by atomic mass is 9.44. The van der Waals surface area contributed by atoms with Crippen LogP contribution in [0.15, 0.2) is 0 Å². The summed E-state index contributed by atoms with van der Waals surface area (Å²) in [7, 11) is 0. The van der Waals surface area contributed by atoms with Gasteiger partial charge in [0.2, 0.25) is 0 Å². The van der Waals surface area contributed by atoms with Gasteiger partial charge in [0.05, 0.1) is 11.7 Å². The molecule has 0 aromatic carbocycles. The molecule has 2 heteroatoms. The molecular weight excluding hydrogens is 284 g/mol. The molecule has 4 saturated carbocycles. The Bertz CT molecular complexity index is 476. The van der Waals surface area contributed by atoms with Crippen LogP contribution < -0.4 is 0 Å². The average molecular weight is 321 g/mol. The van der Waals surface area contributed by atoms with Crippen LogP contribution in [0.3, 0.4) is 0 Å². The summed E-state index contributed by atoms with van der Waals surface area (Å²) in [5.74, 6) is 3.14. The molecule has 23 heavy (non-hydrogen) atoms. The first-order valence-corrected chi connectivity index (χ1v) is 10.2. The van der Waals surface area contributed by atoms with Crippen molar-refractivity contribution in [2.24, 2.45) is 34.5 Å². The molecule has 4 fully saturated rings. The molecule has 0 aliphatic heterocycles. The maximum Gasteiger partial charge on any atom is 0.0701 e. The standard InChI is InChI=1S/C21H36O2/c1-4-21(23)12-9-18-16-6-5-14-13-15(22)7-10-19(14,2)17(16)8-11-20(18,21)3/h14-18,22-23H,4-13H2,1-3H3/t14?,15?,16-,17+,18+,19+,20+,21-/m1/s1. The van der Waals surface area contributed by atoms with Crippen molar-refractivity contribution in [2.75, 3.05) is 0 Å². The molecule has 2 unspecified atom stereocenters. The second-order valence-corrected chi connectivity index (χ2v) is 9.97. The Labute approximate surface area is 142 Å². The van der Waals surface area contributed by atoms with Crippen molar-refractivity contribution < 1.29 is 10.2 Å². The highest BCUT2D eigenvalue weighted by Gasteiger charge is 2.63. The Morgan fingerprint density at radius 2 is 1.65 bits per heavy atom. The predicted octanol–water partition coefficient (Wildman–Crippen LogP) is 4.53. The van der Waals surface area contributed by atoms with Crippen molar-refractivity contribution in [3.8, 4) is 0 Å². The van der Waals surface area contributed by atoms with Crippen molar-refractivity contribution >= 4 is 0 Å². The molecule has 0 saturated heterocycles. The minimum absolute atomic E-state index is 0.0462. The van der Waals surface area contributed by atoms with Gasteiger partial charge in [-0.1, -0.05) is 20.8 Å². The van der Waals surface area contributed by atoms with Gasteiger partial charge in [-0.15, -0.1) is 0 Å². The van der Waals surface area contributed by atoms with Crippen molar-refractivity contribution in [2.45, 2.75) is 96.7 Å². The summed E-state index contributed by atoms with van der Waals surface area (Å²) >= 11 is 0. The number of hydrogen-bond acceptors (Lipinski definition) is 2. The van der Waals surface area contributed by atoms with Crippen molar-refractivity contribution in [3.63, 3.8) is 0 Å². The lowest BCUT2D eigenvalue weighted by molar-refractivity contribution is -0.159. The van der Waals surface area contributed by atoms with Gasteiger partial charge in [0.25, 0.3) is 0 Å². The van der Waals surface area contributed by atoms with Crippen LogP contribution >= 0.6 is 0 Å². The predicted molar refractivity (Wildman–Crippen MR) is 93.0 cm³/mol. The van der Waals surface area contributed by atoms with Crippen LogP contribution in [0.1, 0.15) is 85.0 Å². The highest BCUT2D eigenvalue weighted by atomic mass is 16.3. The maximum atomic E-state index is 11.2. The topological polar surface area (TPSA) is 40.5 Å².